The van der Waals surface area contributed by atoms with E-state index in [4.69, 9.17) is 4.74 Å². The lowest BCUT2D eigenvalue weighted by Gasteiger charge is -2.24. The summed E-state index contributed by atoms with van der Waals surface area (Å²) in [6, 6.07) is 9.85. The van der Waals surface area contributed by atoms with Crippen LogP contribution < -0.4 is 9.64 Å². The molecular weight excluding hydrogens is 396 g/mol. The average Bonchev–Trinajstić information content (AvgIpc) is 3.44. The highest BCUT2D eigenvalue weighted by Crippen LogP contribution is 2.43. The Morgan fingerprint density at radius 2 is 2.11 bits per heavy atom. The number of thiazole rings is 1. The van der Waals surface area contributed by atoms with Gasteiger partial charge >= 0.3 is 0 Å². The Hall–Kier alpha value is -2.97. The molecule has 8 heteroatoms. The van der Waals surface area contributed by atoms with Crippen LogP contribution in [0.25, 0.3) is 0 Å². The van der Waals surface area contributed by atoms with Gasteiger partial charge in [-0.05, 0) is 36.1 Å². The van der Waals surface area contributed by atoms with Crippen LogP contribution in [0.3, 0.4) is 0 Å². The molecular formula is C20H16N2O4S2. The maximum Gasteiger partial charge on any atom is 0.296 e. The third-order valence-electron chi connectivity index (χ3n) is 4.31. The first kappa shape index (κ1) is 18.4. The molecule has 1 N–H and O–H groups in total. The van der Waals surface area contributed by atoms with Crippen molar-refractivity contribution in [2.24, 2.45) is 0 Å². The molecule has 0 aliphatic carbocycles. The Morgan fingerprint density at radius 1 is 1.25 bits per heavy atom. The molecule has 0 saturated heterocycles. The highest BCUT2D eigenvalue weighted by molar-refractivity contribution is 7.14. The summed E-state index contributed by atoms with van der Waals surface area (Å²) in [5.74, 6) is -0.922. The molecule has 1 unspecified atom stereocenters. The number of benzene rings is 1. The van der Waals surface area contributed by atoms with Gasteiger partial charge in [0.25, 0.3) is 5.91 Å². The molecule has 1 amide bonds. The van der Waals surface area contributed by atoms with Gasteiger partial charge in [-0.3, -0.25) is 14.5 Å². The summed E-state index contributed by atoms with van der Waals surface area (Å²) in [6.45, 7) is 2.37. The first-order chi connectivity index (χ1) is 13.6. The number of amides is 1. The zero-order valence-electron chi connectivity index (χ0n) is 14.9. The smallest absolute Gasteiger partial charge is 0.296 e. The van der Waals surface area contributed by atoms with Gasteiger partial charge in [-0.2, -0.15) is 0 Å². The van der Waals surface area contributed by atoms with Crippen molar-refractivity contribution in [2.45, 2.75) is 13.0 Å². The van der Waals surface area contributed by atoms with Gasteiger partial charge in [0.05, 0.1) is 23.1 Å². The van der Waals surface area contributed by atoms with Crippen molar-refractivity contribution in [1.29, 1.82) is 0 Å². The maximum absolute atomic E-state index is 13.1. The maximum atomic E-state index is 13.1. The Kier molecular flexibility index (Phi) is 4.97. The number of Topliss-reactive ketones (excluding diaryl/α,β-unsaturated/α-hetero) is 1. The second-order valence-electron chi connectivity index (χ2n) is 5.97. The van der Waals surface area contributed by atoms with Gasteiger partial charge in [0.1, 0.15) is 5.75 Å². The van der Waals surface area contributed by atoms with Gasteiger partial charge in [-0.25, -0.2) is 4.98 Å². The summed E-state index contributed by atoms with van der Waals surface area (Å²) >= 11 is 2.53. The lowest BCUT2D eigenvalue weighted by atomic mass is 9.95. The van der Waals surface area contributed by atoms with Crippen LogP contribution in [0.4, 0.5) is 5.13 Å². The number of carbonyl (C=O) groups is 2. The number of ketones is 1. The van der Waals surface area contributed by atoms with E-state index in [-0.39, 0.29) is 11.4 Å². The molecule has 28 heavy (non-hydrogen) atoms. The molecule has 4 rings (SSSR count). The van der Waals surface area contributed by atoms with Crippen molar-refractivity contribution in [3.8, 4) is 5.75 Å². The number of carbonyl (C=O) groups excluding carboxylic acids is 2. The molecule has 2 aromatic heterocycles. The Labute approximate surface area is 169 Å². The zero-order valence-corrected chi connectivity index (χ0v) is 16.5. The first-order valence-corrected chi connectivity index (χ1v) is 10.3. The molecule has 1 aliphatic rings. The molecule has 3 heterocycles. The fourth-order valence-corrected chi connectivity index (χ4v) is 4.51. The van der Waals surface area contributed by atoms with E-state index in [9.17, 15) is 14.7 Å². The summed E-state index contributed by atoms with van der Waals surface area (Å²) in [7, 11) is 0. The standard InChI is InChI=1S/C20H16N2O4S2/c1-2-26-13-6-3-5-12(11-13)16-15(17(23)14-7-4-9-27-14)18(24)19(25)22(16)20-21-8-10-28-20/h3-11,16,24H,2H2,1H3. The molecule has 1 aromatic carbocycles. The lowest BCUT2D eigenvalue weighted by Crippen LogP contribution is -2.30. The van der Waals surface area contributed by atoms with Crippen LogP contribution >= 0.6 is 22.7 Å². The van der Waals surface area contributed by atoms with E-state index in [2.05, 4.69) is 4.98 Å². The van der Waals surface area contributed by atoms with E-state index in [1.54, 1.807) is 47.3 Å². The van der Waals surface area contributed by atoms with E-state index in [0.717, 1.165) is 0 Å². The number of anilines is 1. The van der Waals surface area contributed by atoms with Crippen LogP contribution in [0.15, 0.2) is 64.7 Å². The SMILES string of the molecule is CCOc1cccc(C2C(C(=O)c3cccs3)=C(O)C(=O)N2c2nccs2)c1. The average molecular weight is 412 g/mol. The minimum Gasteiger partial charge on any atom is -0.503 e. The third kappa shape index (κ3) is 3.10. The molecule has 6 nitrogen and oxygen atoms in total. The summed E-state index contributed by atoms with van der Waals surface area (Å²) in [5, 5.41) is 14.6. The van der Waals surface area contributed by atoms with Crippen LogP contribution in [0.1, 0.15) is 28.2 Å². The fourth-order valence-electron chi connectivity index (χ4n) is 3.17. The Morgan fingerprint density at radius 3 is 2.79 bits per heavy atom. The molecule has 0 radical (unpaired) electrons. The van der Waals surface area contributed by atoms with Crippen molar-refractivity contribution in [2.75, 3.05) is 11.5 Å². The van der Waals surface area contributed by atoms with Crippen LogP contribution in [0.2, 0.25) is 0 Å². The highest BCUT2D eigenvalue weighted by Gasteiger charge is 2.45. The molecule has 0 fully saturated rings. The highest BCUT2D eigenvalue weighted by atomic mass is 32.1. The van der Waals surface area contributed by atoms with Crippen molar-refractivity contribution < 1.29 is 19.4 Å². The number of aliphatic hydroxyl groups excluding tert-OH is 1. The Balaban J connectivity index is 1.86. The van der Waals surface area contributed by atoms with E-state index in [1.807, 2.05) is 13.0 Å². The summed E-state index contributed by atoms with van der Waals surface area (Å²) < 4.78 is 5.58. The zero-order chi connectivity index (χ0) is 19.7. The summed E-state index contributed by atoms with van der Waals surface area (Å²) in [6.07, 6.45) is 1.58. The van der Waals surface area contributed by atoms with Crippen molar-refractivity contribution in [3.63, 3.8) is 0 Å². The molecule has 0 saturated carbocycles. The van der Waals surface area contributed by atoms with Gasteiger partial charge in [0.15, 0.2) is 10.9 Å². The van der Waals surface area contributed by atoms with Crippen molar-refractivity contribution >= 4 is 39.5 Å². The van der Waals surface area contributed by atoms with Crippen LogP contribution in [-0.2, 0) is 4.79 Å². The first-order valence-electron chi connectivity index (χ1n) is 8.59. The third-order valence-corrected chi connectivity index (χ3v) is 5.95. The number of hydrogen-bond acceptors (Lipinski definition) is 7. The molecule has 0 bridgehead atoms. The minimum atomic E-state index is -0.784. The van der Waals surface area contributed by atoms with E-state index in [0.29, 0.717) is 27.9 Å². The normalized spacial score (nSPS) is 16.7. The second-order valence-corrected chi connectivity index (χ2v) is 7.79. The monoisotopic (exact) mass is 412 g/mol. The molecule has 142 valence electrons. The van der Waals surface area contributed by atoms with E-state index < -0.39 is 17.7 Å². The molecule has 0 spiro atoms. The van der Waals surface area contributed by atoms with Crippen molar-refractivity contribution in [1.82, 2.24) is 4.98 Å². The number of nitrogens with zero attached hydrogens (tertiary/aromatic N) is 2. The molecule has 1 atom stereocenters. The van der Waals surface area contributed by atoms with Gasteiger partial charge in [-0.1, -0.05) is 18.2 Å². The number of ether oxygens (including phenoxy) is 1. The largest absolute Gasteiger partial charge is 0.503 e. The van der Waals surface area contributed by atoms with Crippen LogP contribution in [0.5, 0.6) is 5.75 Å². The fraction of sp³-hybridized carbons (Fsp3) is 0.150. The summed E-state index contributed by atoms with van der Waals surface area (Å²) in [5.41, 5.74) is 0.717. The minimum absolute atomic E-state index is 0.0521. The van der Waals surface area contributed by atoms with Gasteiger partial charge in [0, 0.05) is 11.6 Å². The predicted octanol–water partition coefficient (Wildman–Crippen LogP) is 4.39. The van der Waals surface area contributed by atoms with Crippen molar-refractivity contribution in [3.05, 3.63) is 75.1 Å². The number of thiophene rings is 1. The quantitative estimate of drug-likeness (QED) is 0.608. The van der Waals surface area contributed by atoms with Gasteiger partial charge in [-0.15, -0.1) is 22.7 Å². The number of aromatic nitrogens is 1. The topological polar surface area (TPSA) is 79.7 Å². The summed E-state index contributed by atoms with van der Waals surface area (Å²) in [4.78, 5) is 32.1. The van der Waals surface area contributed by atoms with Gasteiger partial charge in [0.2, 0.25) is 5.78 Å². The molecule has 1 aliphatic heterocycles. The second kappa shape index (κ2) is 7.57. The van der Waals surface area contributed by atoms with E-state index in [1.165, 1.54) is 27.6 Å². The number of aliphatic hydroxyl groups is 1. The van der Waals surface area contributed by atoms with E-state index >= 15 is 0 Å². The Bertz CT molecular complexity index is 1040. The number of hydrogen-bond donors (Lipinski definition) is 1. The lowest BCUT2D eigenvalue weighted by molar-refractivity contribution is -0.117. The van der Waals surface area contributed by atoms with Crippen LogP contribution in [-0.4, -0.2) is 28.4 Å². The van der Waals surface area contributed by atoms with Gasteiger partial charge < -0.3 is 9.84 Å². The van der Waals surface area contributed by atoms with Crippen LogP contribution in [0, 0.1) is 0 Å². The number of rotatable bonds is 6. The molecule has 3 aromatic rings. The predicted molar refractivity (Wildman–Crippen MR) is 108 cm³/mol.